The topological polar surface area (TPSA) is 81.2 Å². The SMILES string of the molecule is CN1C[C@H]2CN(c3ccc(-c4ccc(-c5cn[nH]c5)cc4O)nn3)C[C@@]2(C)C1. The molecule has 7 nitrogen and oxygen atoms in total. The third-order valence-corrected chi connectivity index (χ3v) is 6.22. The summed E-state index contributed by atoms with van der Waals surface area (Å²) >= 11 is 0. The normalized spacial score (nSPS) is 24.6. The van der Waals surface area contributed by atoms with Crippen molar-refractivity contribution in [3.05, 3.63) is 42.7 Å². The molecular formula is C21H24N6O. The van der Waals surface area contributed by atoms with Crippen LogP contribution in [0.15, 0.2) is 42.7 Å². The summed E-state index contributed by atoms with van der Waals surface area (Å²) in [5, 5.41) is 26.1. The number of hydrogen-bond donors (Lipinski definition) is 2. The Kier molecular flexibility index (Phi) is 3.87. The first-order chi connectivity index (χ1) is 13.5. The van der Waals surface area contributed by atoms with Crippen LogP contribution in [0.25, 0.3) is 22.4 Å². The highest BCUT2D eigenvalue weighted by atomic mass is 16.3. The summed E-state index contributed by atoms with van der Waals surface area (Å²) in [5.41, 5.74) is 3.52. The standard InChI is InChI=1S/C21H24N6O/c1-21-12-26(2)10-16(21)11-27(13-21)20-6-5-18(24-25-20)17-4-3-14(7-19(17)28)15-8-22-23-9-15/h3-9,16,28H,10-13H2,1-2H3,(H,22,23)/t16-,21+/m0/s1. The number of fused-ring (bicyclic) bond motifs is 1. The van der Waals surface area contributed by atoms with Gasteiger partial charge in [-0.15, -0.1) is 10.2 Å². The number of aromatic amines is 1. The van der Waals surface area contributed by atoms with Crippen molar-refractivity contribution in [1.82, 2.24) is 25.3 Å². The Morgan fingerprint density at radius 1 is 1.11 bits per heavy atom. The predicted molar refractivity (Wildman–Crippen MR) is 108 cm³/mol. The molecule has 5 rings (SSSR count). The van der Waals surface area contributed by atoms with E-state index in [-0.39, 0.29) is 5.75 Å². The van der Waals surface area contributed by atoms with Crippen LogP contribution in [0, 0.1) is 11.3 Å². The van der Waals surface area contributed by atoms with E-state index in [9.17, 15) is 5.11 Å². The number of rotatable bonds is 3. The molecule has 0 unspecified atom stereocenters. The molecule has 2 atom stereocenters. The molecule has 144 valence electrons. The van der Waals surface area contributed by atoms with Crippen LogP contribution < -0.4 is 4.90 Å². The minimum Gasteiger partial charge on any atom is -0.507 e. The fourth-order valence-corrected chi connectivity index (χ4v) is 4.78. The molecule has 2 N–H and O–H groups in total. The lowest BCUT2D eigenvalue weighted by Gasteiger charge is -2.24. The maximum absolute atomic E-state index is 10.5. The van der Waals surface area contributed by atoms with Crippen molar-refractivity contribution < 1.29 is 5.11 Å². The Morgan fingerprint density at radius 3 is 2.68 bits per heavy atom. The van der Waals surface area contributed by atoms with Crippen LogP contribution >= 0.6 is 0 Å². The molecule has 2 fully saturated rings. The maximum Gasteiger partial charge on any atom is 0.151 e. The number of aromatic nitrogens is 4. The summed E-state index contributed by atoms with van der Waals surface area (Å²) in [7, 11) is 2.20. The van der Waals surface area contributed by atoms with Gasteiger partial charge in [-0.1, -0.05) is 13.0 Å². The Morgan fingerprint density at radius 2 is 2.00 bits per heavy atom. The quantitative estimate of drug-likeness (QED) is 0.731. The molecule has 0 bridgehead atoms. The van der Waals surface area contributed by atoms with Gasteiger partial charge in [0, 0.05) is 48.9 Å². The van der Waals surface area contributed by atoms with Crippen molar-refractivity contribution >= 4 is 5.82 Å². The molecule has 0 saturated carbocycles. The van der Waals surface area contributed by atoms with Gasteiger partial charge in [0.2, 0.25) is 0 Å². The number of likely N-dealkylation sites (tertiary alicyclic amines) is 1. The van der Waals surface area contributed by atoms with Crippen molar-refractivity contribution in [2.45, 2.75) is 6.92 Å². The number of phenolic OH excluding ortho intramolecular Hbond substituents is 1. The Hall–Kier alpha value is -2.93. The average Bonchev–Trinajstić information content (AvgIpc) is 3.36. The van der Waals surface area contributed by atoms with Crippen molar-refractivity contribution in [3.63, 3.8) is 0 Å². The van der Waals surface area contributed by atoms with Gasteiger partial charge >= 0.3 is 0 Å². The fourth-order valence-electron chi connectivity index (χ4n) is 4.78. The number of hydrogen-bond acceptors (Lipinski definition) is 6. The molecule has 2 aromatic heterocycles. The zero-order valence-electron chi connectivity index (χ0n) is 16.1. The zero-order chi connectivity index (χ0) is 19.3. The lowest BCUT2D eigenvalue weighted by molar-refractivity contribution is 0.313. The second-order valence-corrected chi connectivity index (χ2v) is 8.42. The summed E-state index contributed by atoms with van der Waals surface area (Å²) in [5.74, 6) is 1.78. The molecule has 2 saturated heterocycles. The van der Waals surface area contributed by atoms with Crippen LogP contribution in [-0.4, -0.2) is 63.6 Å². The summed E-state index contributed by atoms with van der Waals surface area (Å²) in [4.78, 5) is 4.77. The van der Waals surface area contributed by atoms with E-state index in [1.807, 2.05) is 24.3 Å². The van der Waals surface area contributed by atoms with Gasteiger partial charge in [0.1, 0.15) is 5.75 Å². The minimum absolute atomic E-state index is 0.187. The zero-order valence-corrected chi connectivity index (χ0v) is 16.1. The minimum atomic E-state index is 0.187. The third kappa shape index (κ3) is 2.82. The van der Waals surface area contributed by atoms with Gasteiger partial charge in [0.15, 0.2) is 5.82 Å². The lowest BCUT2D eigenvalue weighted by Crippen LogP contribution is -2.31. The van der Waals surface area contributed by atoms with E-state index in [1.54, 1.807) is 18.5 Å². The van der Waals surface area contributed by atoms with Crippen molar-refractivity contribution in [1.29, 1.82) is 0 Å². The first-order valence-electron chi connectivity index (χ1n) is 9.62. The molecule has 0 radical (unpaired) electrons. The Balaban J connectivity index is 1.36. The number of aromatic hydroxyl groups is 1. The van der Waals surface area contributed by atoms with E-state index in [2.05, 4.69) is 44.2 Å². The van der Waals surface area contributed by atoms with Crippen molar-refractivity contribution in [2.75, 3.05) is 38.1 Å². The molecule has 0 aliphatic carbocycles. The molecule has 2 aliphatic heterocycles. The van der Waals surface area contributed by atoms with Crippen LogP contribution in [0.5, 0.6) is 5.75 Å². The first kappa shape index (κ1) is 17.2. The average molecular weight is 376 g/mol. The van der Waals surface area contributed by atoms with E-state index in [0.717, 1.165) is 43.1 Å². The number of nitrogens with zero attached hydrogens (tertiary/aromatic N) is 5. The first-order valence-corrected chi connectivity index (χ1v) is 9.62. The summed E-state index contributed by atoms with van der Waals surface area (Å²) < 4.78 is 0. The molecule has 2 aliphatic rings. The molecule has 0 spiro atoms. The highest BCUT2D eigenvalue weighted by Gasteiger charge is 2.48. The molecule has 28 heavy (non-hydrogen) atoms. The summed E-state index contributed by atoms with van der Waals surface area (Å²) in [6.07, 6.45) is 3.53. The van der Waals surface area contributed by atoms with Gasteiger partial charge in [0.05, 0.1) is 11.9 Å². The van der Waals surface area contributed by atoms with Gasteiger partial charge in [-0.3, -0.25) is 5.10 Å². The van der Waals surface area contributed by atoms with Gasteiger partial charge in [-0.2, -0.15) is 5.10 Å². The second-order valence-electron chi connectivity index (χ2n) is 8.42. The van der Waals surface area contributed by atoms with E-state index >= 15 is 0 Å². The van der Waals surface area contributed by atoms with Crippen LogP contribution in [0.2, 0.25) is 0 Å². The largest absolute Gasteiger partial charge is 0.507 e. The van der Waals surface area contributed by atoms with Crippen LogP contribution in [0.3, 0.4) is 0 Å². The number of anilines is 1. The van der Waals surface area contributed by atoms with E-state index < -0.39 is 0 Å². The van der Waals surface area contributed by atoms with Gasteiger partial charge in [-0.25, -0.2) is 0 Å². The molecular weight excluding hydrogens is 352 g/mol. The molecule has 7 heteroatoms. The van der Waals surface area contributed by atoms with Crippen molar-refractivity contribution in [3.8, 4) is 28.1 Å². The van der Waals surface area contributed by atoms with E-state index in [0.29, 0.717) is 22.6 Å². The molecule has 4 heterocycles. The van der Waals surface area contributed by atoms with Crippen LogP contribution in [0.4, 0.5) is 5.82 Å². The number of H-pyrrole nitrogens is 1. The third-order valence-electron chi connectivity index (χ3n) is 6.22. The maximum atomic E-state index is 10.5. The summed E-state index contributed by atoms with van der Waals surface area (Å²) in [6.45, 7) is 6.70. The highest BCUT2D eigenvalue weighted by Crippen LogP contribution is 2.42. The van der Waals surface area contributed by atoms with E-state index in [1.165, 1.54) is 0 Å². The monoisotopic (exact) mass is 376 g/mol. The summed E-state index contributed by atoms with van der Waals surface area (Å²) in [6, 6.07) is 9.51. The molecule has 0 amide bonds. The Labute approximate surface area is 164 Å². The number of nitrogens with one attached hydrogen (secondary N) is 1. The molecule has 3 aromatic rings. The lowest BCUT2D eigenvalue weighted by atomic mass is 9.83. The van der Waals surface area contributed by atoms with Gasteiger partial charge < -0.3 is 14.9 Å². The van der Waals surface area contributed by atoms with Crippen molar-refractivity contribution in [2.24, 2.45) is 11.3 Å². The van der Waals surface area contributed by atoms with Crippen LogP contribution in [0.1, 0.15) is 6.92 Å². The highest BCUT2D eigenvalue weighted by molar-refractivity contribution is 5.73. The number of benzene rings is 1. The smallest absolute Gasteiger partial charge is 0.151 e. The molecule has 1 aromatic carbocycles. The number of phenols is 1. The predicted octanol–water partition coefficient (Wildman–Crippen LogP) is 2.63. The van der Waals surface area contributed by atoms with Crippen LogP contribution in [-0.2, 0) is 0 Å². The van der Waals surface area contributed by atoms with E-state index in [4.69, 9.17) is 0 Å². The Bertz CT molecular complexity index is 987. The second kappa shape index (κ2) is 6.31. The van der Waals surface area contributed by atoms with Gasteiger partial charge in [0.25, 0.3) is 0 Å². The van der Waals surface area contributed by atoms with Gasteiger partial charge in [-0.05, 0) is 42.8 Å². The fraction of sp³-hybridized carbons (Fsp3) is 0.381.